The number of nitrogens with zero attached hydrogens (tertiary/aromatic N) is 1. The highest BCUT2D eigenvalue weighted by Gasteiger charge is 1.98. The van der Waals surface area contributed by atoms with Gasteiger partial charge in [-0.25, -0.2) is 4.98 Å². The molecule has 0 unspecified atom stereocenters. The molecule has 0 atom stereocenters. The summed E-state index contributed by atoms with van der Waals surface area (Å²) in [5.41, 5.74) is 1.11. The van der Waals surface area contributed by atoms with Gasteiger partial charge >= 0.3 is 0 Å². The Kier molecular flexibility index (Phi) is 5.84. The quantitative estimate of drug-likeness (QED) is 0.826. The SMILES string of the molecule is Cl.Clc1ccc(CCNCc2cnc[nH]2)s1. The van der Waals surface area contributed by atoms with Crippen LogP contribution in [0, 0.1) is 0 Å². The van der Waals surface area contributed by atoms with Gasteiger partial charge < -0.3 is 10.3 Å². The third-order valence-corrected chi connectivity index (χ3v) is 3.34. The molecular formula is C10H13Cl2N3S. The number of imidazole rings is 1. The summed E-state index contributed by atoms with van der Waals surface area (Å²) < 4.78 is 0.860. The number of aromatic amines is 1. The first-order valence-corrected chi connectivity index (χ1v) is 5.96. The Balaban J connectivity index is 0.00000128. The lowest BCUT2D eigenvalue weighted by atomic mass is 10.3. The Morgan fingerprint density at radius 2 is 2.31 bits per heavy atom. The van der Waals surface area contributed by atoms with Crippen LogP contribution in [-0.4, -0.2) is 16.5 Å². The minimum Gasteiger partial charge on any atom is -0.347 e. The van der Waals surface area contributed by atoms with Gasteiger partial charge in [0.05, 0.1) is 10.7 Å². The molecule has 2 N–H and O–H groups in total. The zero-order valence-corrected chi connectivity index (χ0v) is 11.0. The molecule has 2 heterocycles. The Morgan fingerprint density at radius 3 is 2.94 bits per heavy atom. The van der Waals surface area contributed by atoms with Crippen molar-refractivity contribution < 1.29 is 0 Å². The van der Waals surface area contributed by atoms with Gasteiger partial charge in [0.25, 0.3) is 0 Å². The molecule has 0 amide bonds. The van der Waals surface area contributed by atoms with Crippen LogP contribution in [0.25, 0.3) is 0 Å². The number of hydrogen-bond donors (Lipinski definition) is 2. The number of rotatable bonds is 5. The molecule has 0 fully saturated rings. The molecule has 3 nitrogen and oxygen atoms in total. The molecule has 0 bridgehead atoms. The highest BCUT2D eigenvalue weighted by Crippen LogP contribution is 2.21. The molecule has 0 radical (unpaired) electrons. The average molecular weight is 278 g/mol. The topological polar surface area (TPSA) is 40.7 Å². The maximum Gasteiger partial charge on any atom is 0.0931 e. The van der Waals surface area contributed by atoms with Gasteiger partial charge in [0.15, 0.2) is 0 Å². The zero-order chi connectivity index (χ0) is 10.5. The van der Waals surface area contributed by atoms with Crippen LogP contribution < -0.4 is 5.32 Å². The van der Waals surface area contributed by atoms with Crippen molar-refractivity contribution in [2.75, 3.05) is 6.54 Å². The number of aromatic nitrogens is 2. The second-order valence-corrected chi connectivity index (χ2v) is 5.01. The molecule has 2 aromatic rings. The lowest BCUT2D eigenvalue weighted by Crippen LogP contribution is -2.16. The van der Waals surface area contributed by atoms with E-state index < -0.39 is 0 Å². The van der Waals surface area contributed by atoms with Crippen molar-refractivity contribution in [3.05, 3.63) is 39.6 Å². The van der Waals surface area contributed by atoms with Crippen LogP contribution in [0.5, 0.6) is 0 Å². The summed E-state index contributed by atoms with van der Waals surface area (Å²) in [7, 11) is 0. The van der Waals surface area contributed by atoms with Crippen LogP contribution in [0.2, 0.25) is 4.34 Å². The molecule has 0 saturated heterocycles. The van der Waals surface area contributed by atoms with E-state index in [9.17, 15) is 0 Å². The van der Waals surface area contributed by atoms with Crippen LogP contribution in [0.4, 0.5) is 0 Å². The third-order valence-electron chi connectivity index (χ3n) is 2.05. The van der Waals surface area contributed by atoms with E-state index >= 15 is 0 Å². The molecule has 0 aliphatic carbocycles. The Morgan fingerprint density at radius 1 is 1.44 bits per heavy atom. The maximum atomic E-state index is 5.84. The first-order chi connectivity index (χ1) is 7.34. The summed E-state index contributed by atoms with van der Waals surface area (Å²) in [5.74, 6) is 0. The van der Waals surface area contributed by atoms with Crippen molar-refractivity contribution in [3.8, 4) is 0 Å². The number of hydrogen-bond acceptors (Lipinski definition) is 3. The molecule has 0 aliphatic heterocycles. The average Bonchev–Trinajstić information content (AvgIpc) is 2.84. The Bertz CT molecular complexity index is 400. The van der Waals surface area contributed by atoms with Crippen molar-refractivity contribution in [1.29, 1.82) is 0 Å². The van der Waals surface area contributed by atoms with Crippen molar-refractivity contribution in [2.24, 2.45) is 0 Å². The fraction of sp³-hybridized carbons (Fsp3) is 0.300. The summed E-state index contributed by atoms with van der Waals surface area (Å²) in [5, 5.41) is 3.34. The second-order valence-electron chi connectivity index (χ2n) is 3.21. The van der Waals surface area contributed by atoms with Crippen LogP contribution >= 0.6 is 35.3 Å². The van der Waals surface area contributed by atoms with Gasteiger partial charge in [-0.15, -0.1) is 23.7 Å². The van der Waals surface area contributed by atoms with Crippen LogP contribution in [0.1, 0.15) is 10.6 Å². The van der Waals surface area contributed by atoms with Crippen LogP contribution in [-0.2, 0) is 13.0 Å². The van der Waals surface area contributed by atoms with Crippen LogP contribution in [0.15, 0.2) is 24.7 Å². The first-order valence-electron chi connectivity index (χ1n) is 4.77. The largest absolute Gasteiger partial charge is 0.347 e. The molecule has 16 heavy (non-hydrogen) atoms. The molecule has 0 aliphatic rings. The molecule has 88 valence electrons. The second kappa shape index (κ2) is 6.91. The summed E-state index contributed by atoms with van der Waals surface area (Å²) in [6.45, 7) is 1.79. The van der Waals surface area contributed by atoms with E-state index in [1.807, 2.05) is 12.3 Å². The predicted molar refractivity (Wildman–Crippen MR) is 70.6 cm³/mol. The van der Waals surface area contributed by atoms with Gasteiger partial charge in [-0.1, -0.05) is 11.6 Å². The number of nitrogens with one attached hydrogen (secondary N) is 2. The highest BCUT2D eigenvalue weighted by molar-refractivity contribution is 7.16. The fourth-order valence-corrected chi connectivity index (χ4v) is 2.39. The van der Waals surface area contributed by atoms with E-state index in [1.165, 1.54) is 4.88 Å². The minimum atomic E-state index is 0. The third kappa shape index (κ3) is 4.14. The van der Waals surface area contributed by atoms with Gasteiger partial charge in [-0.3, -0.25) is 0 Å². The van der Waals surface area contributed by atoms with Gasteiger partial charge in [0.2, 0.25) is 0 Å². The Hall–Kier alpha value is -0.550. The molecule has 0 spiro atoms. The molecule has 2 aromatic heterocycles. The lowest BCUT2D eigenvalue weighted by molar-refractivity contribution is 0.680. The molecule has 0 aromatic carbocycles. The molecular weight excluding hydrogens is 265 g/mol. The number of halogens is 2. The van der Waals surface area contributed by atoms with Crippen molar-refractivity contribution in [3.63, 3.8) is 0 Å². The fourth-order valence-electron chi connectivity index (χ4n) is 1.30. The number of H-pyrrole nitrogens is 1. The van der Waals surface area contributed by atoms with Gasteiger partial charge in [-0.2, -0.15) is 0 Å². The van der Waals surface area contributed by atoms with Gasteiger partial charge in [-0.05, 0) is 18.6 Å². The predicted octanol–water partition coefficient (Wildman–Crippen LogP) is 2.88. The smallest absolute Gasteiger partial charge is 0.0931 e. The van der Waals surface area contributed by atoms with E-state index in [0.29, 0.717) is 0 Å². The van der Waals surface area contributed by atoms with E-state index in [2.05, 4.69) is 21.4 Å². The standard InChI is InChI=1S/C10H12ClN3S.ClH/c11-10-2-1-9(15-10)3-4-12-5-8-6-13-7-14-8;/h1-2,6-7,12H,3-5H2,(H,13,14);1H. The van der Waals surface area contributed by atoms with Crippen molar-refractivity contribution >= 4 is 35.3 Å². The normalized spacial score (nSPS) is 10.1. The maximum absolute atomic E-state index is 5.84. The summed E-state index contributed by atoms with van der Waals surface area (Å²) in [4.78, 5) is 8.32. The van der Waals surface area contributed by atoms with E-state index in [4.69, 9.17) is 11.6 Å². The van der Waals surface area contributed by atoms with Gasteiger partial charge in [0, 0.05) is 29.9 Å². The number of thiophene rings is 1. The molecule has 2 rings (SSSR count). The highest BCUT2D eigenvalue weighted by atomic mass is 35.5. The van der Waals surface area contributed by atoms with Crippen molar-refractivity contribution in [2.45, 2.75) is 13.0 Å². The minimum absolute atomic E-state index is 0. The Labute approximate surface area is 110 Å². The zero-order valence-electron chi connectivity index (χ0n) is 8.57. The summed E-state index contributed by atoms with van der Waals surface area (Å²) in [6.07, 6.45) is 4.54. The lowest BCUT2D eigenvalue weighted by Gasteiger charge is -2.00. The van der Waals surface area contributed by atoms with E-state index in [1.54, 1.807) is 17.7 Å². The molecule has 6 heteroatoms. The van der Waals surface area contributed by atoms with E-state index in [-0.39, 0.29) is 12.4 Å². The molecule has 0 saturated carbocycles. The van der Waals surface area contributed by atoms with Gasteiger partial charge in [0.1, 0.15) is 0 Å². The monoisotopic (exact) mass is 277 g/mol. The summed E-state index contributed by atoms with van der Waals surface area (Å²) >= 11 is 7.48. The van der Waals surface area contributed by atoms with Crippen LogP contribution in [0.3, 0.4) is 0 Å². The van der Waals surface area contributed by atoms with E-state index in [0.717, 1.165) is 29.5 Å². The first kappa shape index (κ1) is 13.5. The van der Waals surface area contributed by atoms with Crippen molar-refractivity contribution in [1.82, 2.24) is 15.3 Å². The summed E-state index contributed by atoms with van der Waals surface area (Å²) in [6, 6.07) is 4.02.